The molecule has 4 aromatic rings. The largest absolute Gasteiger partial charge is 0.378 e. The van der Waals surface area contributed by atoms with E-state index in [1.165, 1.54) is 16.6 Å². The van der Waals surface area contributed by atoms with Crippen molar-refractivity contribution in [3.63, 3.8) is 0 Å². The summed E-state index contributed by atoms with van der Waals surface area (Å²) in [5.74, 6) is -0.328. The maximum absolute atomic E-state index is 12.1. The van der Waals surface area contributed by atoms with Crippen molar-refractivity contribution >= 4 is 55.1 Å². The molecule has 5 rings (SSSR count). The summed E-state index contributed by atoms with van der Waals surface area (Å²) in [7, 11) is -3.27. The SMILES string of the molecule is C=CC(=O)Nc1cc(NCc2nccs2)cc(-c2ccc(C(N)O)c3[nH]c(C4=CCN(S(C)(=O)=O)CC4)cc23)c1. The summed E-state index contributed by atoms with van der Waals surface area (Å²) in [5, 5.41) is 20.2. The molecular weight excluding hydrogens is 548 g/mol. The van der Waals surface area contributed by atoms with Crippen molar-refractivity contribution in [3.05, 3.63) is 83.0 Å². The Hall–Kier alpha value is -3.81. The van der Waals surface area contributed by atoms with Crippen LogP contribution in [0.5, 0.6) is 0 Å². The lowest BCUT2D eigenvalue weighted by Gasteiger charge is -2.23. The van der Waals surface area contributed by atoms with E-state index in [0.717, 1.165) is 38.5 Å². The van der Waals surface area contributed by atoms with Crippen molar-refractivity contribution in [2.24, 2.45) is 5.73 Å². The number of carbonyl (C=O) groups is 1. The van der Waals surface area contributed by atoms with Gasteiger partial charge in [0.2, 0.25) is 15.9 Å². The number of sulfonamides is 1. The number of amides is 1. The molecule has 0 saturated heterocycles. The Balaban J connectivity index is 1.58. The number of benzene rings is 2. The average Bonchev–Trinajstić information content (AvgIpc) is 3.61. The van der Waals surface area contributed by atoms with Gasteiger partial charge in [-0.25, -0.2) is 13.4 Å². The van der Waals surface area contributed by atoms with Crippen LogP contribution >= 0.6 is 11.3 Å². The monoisotopic (exact) mass is 578 g/mol. The van der Waals surface area contributed by atoms with E-state index in [9.17, 15) is 18.3 Å². The molecule has 0 saturated carbocycles. The van der Waals surface area contributed by atoms with Gasteiger partial charge < -0.3 is 26.5 Å². The molecule has 2 aromatic carbocycles. The maximum atomic E-state index is 12.1. The summed E-state index contributed by atoms with van der Waals surface area (Å²) >= 11 is 1.55. The normalized spacial score (nSPS) is 15.0. The molecule has 1 amide bonds. The second-order valence-corrected chi connectivity index (χ2v) is 12.5. The highest BCUT2D eigenvalue weighted by Gasteiger charge is 2.22. The number of thiazole rings is 1. The van der Waals surface area contributed by atoms with E-state index in [4.69, 9.17) is 5.73 Å². The molecule has 1 atom stereocenters. The molecule has 10 nitrogen and oxygen atoms in total. The number of nitrogens with one attached hydrogen (secondary N) is 3. The first-order valence-electron chi connectivity index (χ1n) is 12.6. The smallest absolute Gasteiger partial charge is 0.247 e. The first kappa shape index (κ1) is 27.7. The fraction of sp³-hybridized carbons (Fsp3) is 0.214. The highest BCUT2D eigenvalue weighted by molar-refractivity contribution is 7.88. The number of anilines is 2. The zero-order valence-corrected chi connectivity index (χ0v) is 23.5. The average molecular weight is 579 g/mol. The van der Waals surface area contributed by atoms with Crippen LogP contribution in [0.1, 0.15) is 28.9 Å². The van der Waals surface area contributed by atoms with Gasteiger partial charge in [-0.1, -0.05) is 24.8 Å². The zero-order valence-electron chi connectivity index (χ0n) is 21.8. The minimum atomic E-state index is -3.27. The topological polar surface area (TPSA) is 153 Å². The van der Waals surface area contributed by atoms with Gasteiger partial charge in [0.25, 0.3) is 0 Å². The Morgan fingerprint density at radius 1 is 1.30 bits per heavy atom. The Morgan fingerprint density at radius 2 is 2.10 bits per heavy atom. The molecule has 1 aliphatic rings. The van der Waals surface area contributed by atoms with Crippen molar-refractivity contribution in [2.45, 2.75) is 19.2 Å². The third-order valence-corrected chi connectivity index (χ3v) is 8.81. The number of aromatic amines is 1. The van der Waals surface area contributed by atoms with Crippen molar-refractivity contribution in [2.75, 3.05) is 30.0 Å². The van der Waals surface area contributed by atoms with Crippen LogP contribution in [0, 0.1) is 0 Å². The number of aromatic nitrogens is 2. The number of aliphatic hydroxyl groups excluding tert-OH is 1. The summed E-state index contributed by atoms with van der Waals surface area (Å²) < 4.78 is 25.3. The maximum Gasteiger partial charge on any atom is 0.247 e. The van der Waals surface area contributed by atoms with Gasteiger partial charge in [0.15, 0.2) is 0 Å². The third-order valence-electron chi connectivity index (χ3n) is 6.76. The molecule has 0 fully saturated rings. The first-order chi connectivity index (χ1) is 19.1. The van der Waals surface area contributed by atoms with Crippen LogP contribution in [-0.4, -0.2) is 53.0 Å². The lowest BCUT2D eigenvalue weighted by molar-refractivity contribution is -0.111. The van der Waals surface area contributed by atoms with Crippen LogP contribution < -0.4 is 16.4 Å². The Bertz CT molecular complexity index is 1710. The van der Waals surface area contributed by atoms with E-state index in [2.05, 4.69) is 27.2 Å². The predicted molar refractivity (Wildman–Crippen MR) is 160 cm³/mol. The minimum Gasteiger partial charge on any atom is -0.378 e. The zero-order chi connectivity index (χ0) is 28.4. The third kappa shape index (κ3) is 6.01. The van der Waals surface area contributed by atoms with Crippen LogP contribution in [0.4, 0.5) is 11.4 Å². The minimum absolute atomic E-state index is 0.294. The number of hydrogen-bond acceptors (Lipinski definition) is 8. The second kappa shape index (κ2) is 11.4. The second-order valence-electron chi connectivity index (χ2n) is 9.49. The van der Waals surface area contributed by atoms with E-state index in [1.54, 1.807) is 23.6 Å². The number of nitrogens with two attached hydrogens (primary N) is 1. The number of H-pyrrole nitrogens is 1. The number of fused-ring (bicyclic) bond motifs is 1. The molecule has 0 bridgehead atoms. The summed E-state index contributed by atoms with van der Waals surface area (Å²) in [5.41, 5.74) is 12.0. The van der Waals surface area contributed by atoms with E-state index >= 15 is 0 Å². The molecule has 6 N–H and O–H groups in total. The number of rotatable bonds is 9. The van der Waals surface area contributed by atoms with E-state index in [0.29, 0.717) is 42.8 Å². The lowest BCUT2D eigenvalue weighted by atomic mass is 9.97. The summed E-state index contributed by atoms with van der Waals surface area (Å²) in [6, 6.07) is 11.4. The molecule has 208 valence electrons. The van der Waals surface area contributed by atoms with Crippen LogP contribution in [0.3, 0.4) is 0 Å². The van der Waals surface area contributed by atoms with Crippen molar-refractivity contribution in [1.29, 1.82) is 0 Å². The fourth-order valence-electron chi connectivity index (χ4n) is 4.78. The van der Waals surface area contributed by atoms with Gasteiger partial charge in [-0.05, 0) is 53.5 Å². The van der Waals surface area contributed by atoms with Crippen LogP contribution in [0.2, 0.25) is 0 Å². The van der Waals surface area contributed by atoms with E-state index in [1.807, 2.05) is 41.8 Å². The highest BCUT2D eigenvalue weighted by Crippen LogP contribution is 2.37. The molecular formula is C28H30N6O4S2. The number of aliphatic hydroxyl groups is 1. The quantitative estimate of drug-likeness (QED) is 0.148. The fourth-order valence-corrected chi connectivity index (χ4v) is 6.10. The van der Waals surface area contributed by atoms with Gasteiger partial charge in [-0.2, -0.15) is 4.31 Å². The van der Waals surface area contributed by atoms with Gasteiger partial charge in [0.05, 0.1) is 18.3 Å². The van der Waals surface area contributed by atoms with Gasteiger partial charge in [0.1, 0.15) is 11.2 Å². The molecule has 1 unspecified atom stereocenters. The Labute approximate surface area is 236 Å². The number of carbonyl (C=O) groups excluding carboxylic acids is 1. The van der Waals surface area contributed by atoms with Crippen LogP contribution in [0.15, 0.2) is 66.7 Å². The summed E-state index contributed by atoms with van der Waals surface area (Å²) in [6.07, 6.45) is 5.43. The molecule has 1 aliphatic heterocycles. The lowest BCUT2D eigenvalue weighted by Crippen LogP contribution is -2.33. The highest BCUT2D eigenvalue weighted by atomic mass is 32.2. The Kier molecular flexibility index (Phi) is 7.88. The Morgan fingerprint density at radius 3 is 2.75 bits per heavy atom. The summed E-state index contributed by atoms with van der Waals surface area (Å²) in [4.78, 5) is 19.9. The number of nitrogens with zero attached hydrogens (tertiary/aromatic N) is 2. The van der Waals surface area contributed by atoms with Gasteiger partial charge in [-0.3, -0.25) is 4.79 Å². The van der Waals surface area contributed by atoms with Gasteiger partial charge in [0, 0.05) is 52.7 Å². The van der Waals surface area contributed by atoms with Crippen LogP contribution in [-0.2, 0) is 21.4 Å². The molecule has 40 heavy (non-hydrogen) atoms. The van der Waals surface area contributed by atoms with E-state index < -0.39 is 16.3 Å². The molecule has 0 spiro atoms. The standard InChI is InChI=1S/C28H30N6O4S2/c1-3-25(35)32-20-13-18(12-19(14-20)31-16-26-30-8-11-39-26)21-4-5-22(28(29)36)27-23(21)15-24(33-27)17-6-9-34(10-7-17)40(2,37)38/h3-6,8,11-15,28,31,33,36H,1,7,9-10,16,29H2,2H3,(H,32,35). The molecule has 2 aromatic heterocycles. The van der Waals surface area contributed by atoms with Crippen LogP contribution in [0.25, 0.3) is 27.6 Å². The molecule has 3 heterocycles. The number of hydrogen-bond donors (Lipinski definition) is 5. The first-order valence-corrected chi connectivity index (χ1v) is 15.3. The van der Waals surface area contributed by atoms with Crippen molar-refractivity contribution < 1.29 is 18.3 Å². The van der Waals surface area contributed by atoms with Crippen molar-refractivity contribution in [3.8, 4) is 11.1 Å². The predicted octanol–water partition coefficient (Wildman–Crippen LogP) is 4.03. The van der Waals surface area contributed by atoms with Gasteiger partial charge in [-0.15, -0.1) is 11.3 Å². The van der Waals surface area contributed by atoms with Crippen molar-refractivity contribution in [1.82, 2.24) is 14.3 Å². The molecule has 0 aliphatic carbocycles. The molecule has 12 heteroatoms. The molecule has 0 radical (unpaired) electrons. The van der Waals surface area contributed by atoms with Gasteiger partial charge >= 0.3 is 0 Å². The van der Waals surface area contributed by atoms with E-state index in [-0.39, 0.29) is 5.91 Å². The summed E-state index contributed by atoms with van der Waals surface area (Å²) in [6.45, 7) is 4.75.